The maximum atomic E-state index is 2.51. The van der Waals surface area contributed by atoms with Gasteiger partial charge in [0.15, 0.2) is 0 Å². The zero-order chi connectivity index (χ0) is 11.3. The van der Waals surface area contributed by atoms with Crippen LogP contribution in [0.4, 0.5) is 0 Å². The average molecular weight is 435 g/mol. The number of alkyl halides is 1. The fraction of sp³-hybridized carbons (Fsp3) is 0.231. The number of aromatic nitrogens is 1. The Morgan fingerprint density at radius 3 is 3.00 bits per heavy atom. The fourth-order valence-electron chi connectivity index (χ4n) is 2.40. The molecule has 3 rings (SSSR count). The highest BCUT2D eigenvalue weighted by Gasteiger charge is 2.18. The van der Waals surface area contributed by atoms with Crippen molar-refractivity contribution in [2.45, 2.75) is 10.3 Å². The molecule has 0 saturated heterocycles. The average Bonchev–Trinajstić information content (AvgIpc) is 2.52. The summed E-state index contributed by atoms with van der Waals surface area (Å²) in [7, 11) is 2.16. The lowest BCUT2D eigenvalue weighted by molar-refractivity contribution is 0.920. The van der Waals surface area contributed by atoms with Gasteiger partial charge in [0.1, 0.15) is 0 Å². The monoisotopic (exact) mass is 435 g/mol. The number of nitrogens with zero attached hydrogens (tertiary/aromatic N) is 1. The summed E-state index contributed by atoms with van der Waals surface area (Å²) in [6, 6.07) is 6.71. The second-order valence-corrected chi connectivity index (χ2v) is 7.01. The molecule has 0 saturated carbocycles. The SMILES string of the molecule is Cn1c2c(c3cc(I)ccc31)CC(I)C=C2. The van der Waals surface area contributed by atoms with Crippen LogP contribution >= 0.6 is 45.2 Å². The first-order valence-corrected chi connectivity index (χ1v) is 7.58. The van der Waals surface area contributed by atoms with E-state index in [4.69, 9.17) is 0 Å². The number of rotatable bonds is 0. The summed E-state index contributed by atoms with van der Waals surface area (Å²) < 4.78 is 4.26. The molecule has 1 aliphatic carbocycles. The van der Waals surface area contributed by atoms with Crippen LogP contribution in [0.15, 0.2) is 24.3 Å². The number of halogens is 2. The van der Waals surface area contributed by atoms with Gasteiger partial charge in [0.25, 0.3) is 0 Å². The van der Waals surface area contributed by atoms with Crippen LogP contribution in [-0.2, 0) is 13.5 Å². The highest BCUT2D eigenvalue weighted by Crippen LogP contribution is 2.33. The third kappa shape index (κ3) is 1.63. The van der Waals surface area contributed by atoms with Crippen molar-refractivity contribution in [3.05, 3.63) is 39.1 Å². The quantitative estimate of drug-likeness (QED) is 0.433. The van der Waals surface area contributed by atoms with Gasteiger partial charge in [-0.25, -0.2) is 0 Å². The molecule has 1 aliphatic rings. The van der Waals surface area contributed by atoms with E-state index in [2.05, 4.69) is 87.1 Å². The predicted molar refractivity (Wildman–Crippen MR) is 86.2 cm³/mol. The maximum Gasteiger partial charge on any atom is 0.0486 e. The van der Waals surface area contributed by atoms with Crippen molar-refractivity contribution < 1.29 is 0 Å². The summed E-state index contributed by atoms with van der Waals surface area (Å²) in [4.78, 5) is 0. The summed E-state index contributed by atoms with van der Waals surface area (Å²) in [5, 5.41) is 1.43. The molecule has 0 radical (unpaired) electrons. The zero-order valence-corrected chi connectivity index (χ0v) is 13.2. The van der Waals surface area contributed by atoms with Crippen molar-refractivity contribution in [3.63, 3.8) is 0 Å². The Balaban J connectivity index is 2.39. The molecule has 1 heterocycles. The zero-order valence-electron chi connectivity index (χ0n) is 8.87. The normalized spacial score (nSPS) is 19.1. The van der Waals surface area contributed by atoms with Gasteiger partial charge in [0, 0.05) is 31.1 Å². The van der Waals surface area contributed by atoms with Crippen LogP contribution in [0.5, 0.6) is 0 Å². The van der Waals surface area contributed by atoms with Gasteiger partial charge in [-0.05, 0) is 58.9 Å². The minimum atomic E-state index is 0.633. The van der Waals surface area contributed by atoms with Crippen molar-refractivity contribution in [2.75, 3.05) is 0 Å². The van der Waals surface area contributed by atoms with Gasteiger partial charge in [-0.15, -0.1) is 0 Å². The molecule has 0 fully saturated rings. The van der Waals surface area contributed by atoms with Gasteiger partial charge in [0.05, 0.1) is 0 Å². The Hall–Kier alpha value is -0.0400. The largest absolute Gasteiger partial charge is 0.344 e. The minimum Gasteiger partial charge on any atom is -0.344 e. The van der Waals surface area contributed by atoms with Crippen LogP contribution in [0.3, 0.4) is 0 Å². The molecule has 0 N–H and O–H groups in total. The van der Waals surface area contributed by atoms with Crippen LogP contribution in [0.25, 0.3) is 17.0 Å². The lowest BCUT2D eigenvalue weighted by Crippen LogP contribution is -2.05. The molecule has 1 aromatic carbocycles. The van der Waals surface area contributed by atoms with E-state index in [9.17, 15) is 0 Å². The van der Waals surface area contributed by atoms with Gasteiger partial charge in [-0.2, -0.15) is 0 Å². The molecule has 2 aromatic rings. The number of fused-ring (bicyclic) bond motifs is 3. The van der Waals surface area contributed by atoms with E-state index in [1.54, 1.807) is 0 Å². The third-order valence-corrected chi connectivity index (χ3v) is 4.70. The van der Waals surface area contributed by atoms with E-state index in [0.717, 1.165) is 6.42 Å². The maximum absolute atomic E-state index is 2.51. The third-order valence-electron chi connectivity index (χ3n) is 3.18. The number of hydrogen-bond donors (Lipinski definition) is 0. The van der Waals surface area contributed by atoms with Crippen LogP contribution in [0, 0.1) is 3.57 Å². The smallest absolute Gasteiger partial charge is 0.0486 e. The lowest BCUT2D eigenvalue weighted by atomic mass is 10.0. The molecule has 1 atom stereocenters. The summed E-state index contributed by atoms with van der Waals surface area (Å²) in [6.45, 7) is 0. The second kappa shape index (κ2) is 4.01. The highest BCUT2D eigenvalue weighted by atomic mass is 127. The number of allylic oxidation sites excluding steroid dienone is 1. The van der Waals surface area contributed by atoms with E-state index in [1.165, 1.54) is 25.7 Å². The molecule has 0 aliphatic heterocycles. The van der Waals surface area contributed by atoms with Gasteiger partial charge in [-0.1, -0.05) is 28.7 Å². The molecular formula is C13H11I2N. The van der Waals surface area contributed by atoms with Crippen LogP contribution in [0.2, 0.25) is 0 Å². The molecule has 0 amide bonds. The van der Waals surface area contributed by atoms with Gasteiger partial charge in [0.2, 0.25) is 0 Å². The standard InChI is InChI=1S/C13H11I2N/c1-16-12-4-2-8(14)6-10(12)11-7-9(15)3-5-13(11)16/h2-6,9H,7H2,1H3. The first-order valence-electron chi connectivity index (χ1n) is 5.26. The molecule has 0 spiro atoms. The Bertz CT molecular complexity index is 595. The molecule has 0 bridgehead atoms. The van der Waals surface area contributed by atoms with E-state index < -0.39 is 0 Å². The minimum absolute atomic E-state index is 0.633. The van der Waals surface area contributed by atoms with Gasteiger partial charge < -0.3 is 4.57 Å². The Labute approximate surface area is 122 Å². The molecule has 82 valence electrons. The van der Waals surface area contributed by atoms with Crippen molar-refractivity contribution in [1.29, 1.82) is 0 Å². The summed E-state index contributed by atoms with van der Waals surface area (Å²) >= 11 is 4.89. The number of hydrogen-bond acceptors (Lipinski definition) is 0. The first-order chi connectivity index (χ1) is 7.66. The fourth-order valence-corrected chi connectivity index (χ4v) is 3.54. The van der Waals surface area contributed by atoms with Gasteiger partial charge >= 0.3 is 0 Å². The van der Waals surface area contributed by atoms with E-state index in [1.807, 2.05) is 0 Å². The van der Waals surface area contributed by atoms with Crippen molar-refractivity contribution in [1.82, 2.24) is 4.57 Å². The van der Waals surface area contributed by atoms with Crippen molar-refractivity contribution >= 4 is 62.2 Å². The first kappa shape index (κ1) is 11.1. The molecule has 1 unspecified atom stereocenters. The Kier molecular flexibility index (Phi) is 2.78. The summed E-state index contributed by atoms with van der Waals surface area (Å²) in [5.74, 6) is 0. The van der Waals surface area contributed by atoms with Gasteiger partial charge in [-0.3, -0.25) is 0 Å². The van der Waals surface area contributed by atoms with Crippen molar-refractivity contribution in [3.8, 4) is 0 Å². The van der Waals surface area contributed by atoms with Crippen molar-refractivity contribution in [2.24, 2.45) is 7.05 Å². The second-order valence-electron chi connectivity index (χ2n) is 4.16. The highest BCUT2D eigenvalue weighted by molar-refractivity contribution is 14.1. The number of benzene rings is 1. The Morgan fingerprint density at radius 2 is 2.19 bits per heavy atom. The van der Waals surface area contributed by atoms with E-state index in [-0.39, 0.29) is 0 Å². The molecule has 3 heteroatoms. The molecule has 1 nitrogen and oxygen atoms in total. The molecular weight excluding hydrogens is 424 g/mol. The number of aryl methyl sites for hydroxylation is 1. The van der Waals surface area contributed by atoms with Crippen LogP contribution in [0.1, 0.15) is 11.3 Å². The lowest BCUT2D eigenvalue weighted by Gasteiger charge is -2.12. The summed E-state index contributed by atoms with van der Waals surface area (Å²) in [5.41, 5.74) is 4.24. The topological polar surface area (TPSA) is 4.93 Å². The predicted octanol–water partition coefficient (Wildman–Crippen LogP) is 4.16. The molecule has 16 heavy (non-hydrogen) atoms. The van der Waals surface area contributed by atoms with Crippen LogP contribution in [-0.4, -0.2) is 8.49 Å². The van der Waals surface area contributed by atoms with Crippen LogP contribution < -0.4 is 0 Å². The van der Waals surface area contributed by atoms with E-state index in [0.29, 0.717) is 3.92 Å². The van der Waals surface area contributed by atoms with E-state index >= 15 is 0 Å². The Morgan fingerprint density at radius 1 is 1.38 bits per heavy atom. The summed E-state index contributed by atoms with van der Waals surface area (Å²) in [6.07, 6.45) is 5.72. The molecule has 1 aromatic heterocycles.